The molecule has 4 nitrogen and oxygen atoms in total. The molecule has 1 aromatic heterocycles. The van der Waals surface area contributed by atoms with Crippen LogP contribution in [0.15, 0.2) is 17.5 Å². The van der Waals surface area contributed by atoms with Crippen LogP contribution in [0.3, 0.4) is 0 Å². The van der Waals surface area contributed by atoms with E-state index in [1.165, 1.54) is 0 Å². The molecule has 1 aromatic carbocycles. The van der Waals surface area contributed by atoms with Gasteiger partial charge in [0.05, 0.1) is 17.2 Å². The molecule has 118 valence electrons. The topological polar surface area (TPSA) is 51.2 Å². The molecule has 0 aliphatic rings. The Hall–Kier alpha value is -1.59. The molecule has 6 heteroatoms. The summed E-state index contributed by atoms with van der Waals surface area (Å²) >= 11 is 7.69. The molecule has 0 aliphatic heterocycles. The first-order chi connectivity index (χ1) is 10.4. The molecule has 2 aromatic rings. The summed E-state index contributed by atoms with van der Waals surface area (Å²) in [7, 11) is 0. The lowest BCUT2D eigenvalue weighted by Crippen LogP contribution is -2.36. The summed E-state index contributed by atoms with van der Waals surface area (Å²) in [5.74, 6) is 0.475. The van der Waals surface area contributed by atoms with Gasteiger partial charge in [-0.1, -0.05) is 11.6 Å². The lowest BCUT2D eigenvalue weighted by Gasteiger charge is -2.16. The molecule has 0 spiro atoms. The Morgan fingerprint density at radius 2 is 2.00 bits per heavy atom. The second kappa shape index (κ2) is 7.11. The van der Waals surface area contributed by atoms with E-state index in [2.05, 4.69) is 10.3 Å². The molecule has 1 amide bonds. The van der Waals surface area contributed by atoms with E-state index in [0.29, 0.717) is 12.3 Å². The number of hydrogen-bond donors (Lipinski definition) is 1. The molecule has 1 unspecified atom stereocenters. The van der Waals surface area contributed by atoms with Gasteiger partial charge in [0, 0.05) is 10.4 Å². The van der Waals surface area contributed by atoms with Crippen molar-refractivity contribution in [2.75, 3.05) is 0 Å². The number of halogens is 1. The predicted octanol–water partition coefficient (Wildman–Crippen LogP) is 3.81. The minimum Gasteiger partial charge on any atom is -0.481 e. The molecule has 1 N–H and O–H groups in total. The van der Waals surface area contributed by atoms with Crippen LogP contribution in [0.4, 0.5) is 0 Å². The zero-order chi connectivity index (χ0) is 16.3. The van der Waals surface area contributed by atoms with Crippen molar-refractivity contribution >= 4 is 28.8 Å². The van der Waals surface area contributed by atoms with E-state index in [1.54, 1.807) is 18.3 Å². The normalized spacial score (nSPS) is 12.0. The molecule has 0 radical (unpaired) electrons. The fraction of sp³-hybridized carbons (Fsp3) is 0.375. The van der Waals surface area contributed by atoms with Gasteiger partial charge in [-0.25, -0.2) is 4.98 Å². The Kier molecular flexibility index (Phi) is 5.42. The molecule has 0 saturated carbocycles. The minimum atomic E-state index is -0.584. The lowest BCUT2D eigenvalue weighted by atomic mass is 10.1. The molecule has 1 atom stereocenters. The van der Waals surface area contributed by atoms with Gasteiger partial charge in [-0.3, -0.25) is 4.79 Å². The van der Waals surface area contributed by atoms with Crippen molar-refractivity contribution in [1.82, 2.24) is 10.3 Å². The molecule has 0 fully saturated rings. The summed E-state index contributed by atoms with van der Waals surface area (Å²) in [6.45, 7) is 7.90. The zero-order valence-corrected chi connectivity index (χ0v) is 14.6. The molecule has 0 saturated heterocycles. The van der Waals surface area contributed by atoms with E-state index in [9.17, 15) is 4.79 Å². The molecule has 0 bridgehead atoms. The summed E-state index contributed by atoms with van der Waals surface area (Å²) in [6, 6.07) is 3.67. The van der Waals surface area contributed by atoms with E-state index in [-0.39, 0.29) is 5.91 Å². The number of carbonyl (C=O) groups excluding carboxylic acids is 1. The average Bonchev–Trinajstić information content (AvgIpc) is 2.87. The highest BCUT2D eigenvalue weighted by Gasteiger charge is 2.15. The highest BCUT2D eigenvalue weighted by atomic mass is 35.5. The first kappa shape index (κ1) is 16.8. The number of nitrogens with zero attached hydrogens (tertiary/aromatic N) is 1. The van der Waals surface area contributed by atoms with Crippen molar-refractivity contribution < 1.29 is 9.53 Å². The largest absolute Gasteiger partial charge is 0.481 e. The van der Waals surface area contributed by atoms with Crippen LogP contribution in [-0.4, -0.2) is 17.0 Å². The van der Waals surface area contributed by atoms with Crippen molar-refractivity contribution in [3.05, 3.63) is 44.4 Å². The van der Waals surface area contributed by atoms with Crippen LogP contribution < -0.4 is 10.1 Å². The number of carbonyl (C=O) groups is 1. The van der Waals surface area contributed by atoms with Gasteiger partial charge in [-0.05, 0) is 51.0 Å². The van der Waals surface area contributed by atoms with Crippen molar-refractivity contribution in [1.29, 1.82) is 0 Å². The molecule has 0 aliphatic carbocycles. The maximum absolute atomic E-state index is 12.1. The SMILES string of the molecule is Cc1nc(CNC(=O)C(C)Oc2cc(C)c(Cl)c(C)c2)cs1. The maximum atomic E-state index is 12.1. The van der Waals surface area contributed by atoms with Crippen LogP contribution in [0.25, 0.3) is 0 Å². The van der Waals surface area contributed by atoms with Gasteiger partial charge in [0.25, 0.3) is 5.91 Å². The van der Waals surface area contributed by atoms with E-state index >= 15 is 0 Å². The molecule has 22 heavy (non-hydrogen) atoms. The fourth-order valence-electron chi connectivity index (χ4n) is 2.04. The van der Waals surface area contributed by atoms with Gasteiger partial charge >= 0.3 is 0 Å². The molecule has 2 rings (SSSR count). The number of nitrogens with one attached hydrogen (secondary N) is 1. The van der Waals surface area contributed by atoms with E-state index in [0.717, 1.165) is 26.9 Å². The van der Waals surface area contributed by atoms with E-state index < -0.39 is 6.10 Å². The highest BCUT2D eigenvalue weighted by molar-refractivity contribution is 7.09. The Morgan fingerprint density at radius 3 is 2.55 bits per heavy atom. The van der Waals surface area contributed by atoms with Crippen molar-refractivity contribution in [3.8, 4) is 5.75 Å². The summed E-state index contributed by atoms with van der Waals surface area (Å²) in [5, 5.41) is 6.48. The molecule has 1 heterocycles. The maximum Gasteiger partial charge on any atom is 0.261 e. The Bertz CT molecular complexity index is 662. The first-order valence-electron chi connectivity index (χ1n) is 6.99. The van der Waals surface area contributed by atoms with E-state index in [4.69, 9.17) is 16.3 Å². The standard InChI is InChI=1S/C16H19ClN2O2S/c1-9-5-14(6-10(2)15(9)17)21-11(3)16(20)18-7-13-8-22-12(4)19-13/h5-6,8,11H,7H2,1-4H3,(H,18,20). The molecular formula is C16H19ClN2O2S. The smallest absolute Gasteiger partial charge is 0.261 e. The van der Waals surface area contributed by atoms with Crippen LogP contribution >= 0.6 is 22.9 Å². The number of benzene rings is 1. The Labute approximate surface area is 139 Å². The van der Waals surface area contributed by atoms with Crippen molar-refractivity contribution in [2.24, 2.45) is 0 Å². The fourth-order valence-corrected chi connectivity index (χ4v) is 2.76. The van der Waals surface area contributed by atoms with Gasteiger partial charge in [0.15, 0.2) is 6.10 Å². The summed E-state index contributed by atoms with van der Waals surface area (Å²) in [5.41, 5.74) is 2.73. The van der Waals surface area contributed by atoms with Crippen LogP contribution in [0.2, 0.25) is 5.02 Å². The summed E-state index contributed by atoms with van der Waals surface area (Å²) < 4.78 is 5.70. The van der Waals surface area contributed by atoms with Crippen LogP contribution in [0.1, 0.15) is 28.8 Å². The zero-order valence-electron chi connectivity index (χ0n) is 13.1. The third-order valence-corrected chi connectivity index (χ3v) is 4.62. The van der Waals surface area contributed by atoms with Gasteiger partial charge in [-0.15, -0.1) is 11.3 Å². The Balaban J connectivity index is 1.93. The van der Waals surface area contributed by atoms with Crippen LogP contribution in [0, 0.1) is 20.8 Å². The number of aryl methyl sites for hydroxylation is 3. The number of amides is 1. The second-order valence-corrected chi connectivity index (χ2v) is 6.65. The third kappa shape index (κ3) is 4.21. The third-order valence-electron chi connectivity index (χ3n) is 3.20. The van der Waals surface area contributed by atoms with Gasteiger partial charge < -0.3 is 10.1 Å². The van der Waals surface area contributed by atoms with Crippen molar-refractivity contribution in [3.63, 3.8) is 0 Å². The quantitative estimate of drug-likeness (QED) is 0.902. The highest BCUT2D eigenvalue weighted by Crippen LogP contribution is 2.26. The number of hydrogen-bond acceptors (Lipinski definition) is 4. The predicted molar refractivity (Wildman–Crippen MR) is 89.7 cm³/mol. The summed E-state index contributed by atoms with van der Waals surface area (Å²) in [6.07, 6.45) is -0.584. The number of rotatable bonds is 5. The van der Waals surface area contributed by atoms with Gasteiger partial charge in [-0.2, -0.15) is 0 Å². The molecular weight excluding hydrogens is 320 g/mol. The minimum absolute atomic E-state index is 0.170. The van der Waals surface area contributed by atoms with Gasteiger partial charge in [0.1, 0.15) is 5.75 Å². The number of aromatic nitrogens is 1. The summed E-state index contributed by atoms with van der Waals surface area (Å²) in [4.78, 5) is 16.4. The van der Waals surface area contributed by atoms with Gasteiger partial charge in [0.2, 0.25) is 0 Å². The average molecular weight is 339 g/mol. The van der Waals surface area contributed by atoms with Crippen LogP contribution in [-0.2, 0) is 11.3 Å². The second-order valence-electron chi connectivity index (χ2n) is 5.21. The van der Waals surface area contributed by atoms with Crippen LogP contribution in [0.5, 0.6) is 5.75 Å². The van der Waals surface area contributed by atoms with E-state index in [1.807, 2.05) is 38.3 Å². The van der Waals surface area contributed by atoms with Crippen molar-refractivity contribution in [2.45, 2.75) is 40.3 Å². The monoisotopic (exact) mass is 338 g/mol. The lowest BCUT2D eigenvalue weighted by molar-refractivity contribution is -0.127. The Morgan fingerprint density at radius 1 is 1.36 bits per heavy atom. The number of thiazole rings is 1. The number of ether oxygens (including phenoxy) is 1. The first-order valence-corrected chi connectivity index (χ1v) is 8.24.